The zero-order valence-electron chi connectivity index (χ0n) is 15.3. The van der Waals surface area contributed by atoms with Crippen molar-refractivity contribution in [3.63, 3.8) is 0 Å². The monoisotopic (exact) mass is 359 g/mol. The molecule has 0 bridgehead atoms. The first kappa shape index (κ1) is 18.1. The van der Waals surface area contributed by atoms with Crippen molar-refractivity contribution in [1.82, 2.24) is 5.32 Å². The van der Waals surface area contributed by atoms with E-state index in [1.165, 1.54) is 23.5 Å². The Labute approximate surface area is 154 Å². The van der Waals surface area contributed by atoms with Crippen LogP contribution in [0.5, 0.6) is 0 Å². The Kier molecular flexibility index (Phi) is 5.89. The zero-order valence-corrected chi connectivity index (χ0v) is 16.2. The first-order valence-corrected chi connectivity index (χ1v) is 9.99. The highest BCUT2D eigenvalue weighted by Gasteiger charge is 2.34. The molecule has 1 saturated heterocycles. The number of carbonyl (C=O) groups is 1. The Morgan fingerprint density at radius 2 is 1.80 bits per heavy atom. The van der Waals surface area contributed by atoms with Crippen LogP contribution in [0.3, 0.4) is 0 Å². The van der Waals surface area contributed by atoms with E-state index in [-0.39, 0.29) is 11.9 Å². The van der Waals surface area contributed by atoms with Gasteiger partial charge in [0.05, 0.1) is 18.0 Å². The number of rotatable bonds is 5. The highest BCUT2D eigenvalue weighted by atomic mass is 32.1. The van der Waals surface area contributed by atoms with Crippen LogP contribution in [0.4, 0.5) is 0 Å². The maximum atomic E-state index is 12.7. The van der Waals surface area contributed by atoms with E-state index in [0.29, 0.717) is 6.04 Å². The van der Waals surface area contributed by atoms with Gasteiger partial charge in [0.15, 0.2) is 0 Å². The van der Waals surface area contributed by atoms with Crippen molar-refractivity contribution in [3.8, 4) is 0 Å². The van der Waals surface area contributed by atoms with Crippen LogP contribution in [0.2, 0.25) is 0 Å². The molecule has 0 unspecified atom stereocenters. The summed E-state index contributed by atoms with van der Waals surface area (Å²) in [6, 6.07) is 12.5. The molecule has 2 heterocycles. The summed E-state index contributed by atoms with van der Waals surface area (Å²) in [4.78, 5) is 17.2. The van der Waals surface area contributed by atoms with E-state index in [4.69, 9.17) is 0 Å². The molecule has 25 heavy (non-hydrogen) atoms. The van der Waals surface area contributed by atoms with E-state index in [2.05, 4.69) is 36.8 Å². The van der Waals surface area contributed by atoms with Gasteiger partial charge >= 0.3 is 0 Å². The lowest BCUT2D eigenvalue weighted by molar-refractivity contribution is -1.02. The fraction of sp³-hybridized carbons (Fsp3) is 0.450. The van der Waals surface area contributed by atoms with E-state index in [1.807, 2.05) is 31.2 Å². The van der Waals surface area contributed by atoms with Crippen molar-refractivity contribution in [2.45, 2.75) is 25.9 Å². The quantitative estimate of drug-likeness (QED) is 0.707. The van der Waals surface area contributed by atoms with Crippen LogP contribution in [0, 0.1) is 6.92 Å². The molecular weight excluding hydrogens is 330 g/mol. The molecule has 1 fully saturated rings. The Hall–Kier alpha value is -1.69. The molecule has 134 valence electrons. The van der Waals surface area contributed by atoms with Crippen LogP contribution in [0.15, 0.2) is 41.8 Å². The van der Waals surface area contributed by atoms with E-state index in [9.17, 15) is 4.79 Å². The maximum Gasteiger partial charge on any atom is 0.251 e. The number of benzene rings is 1. The molecule has 1 amide bonds. The van der Waals surface area contributed by atoms with Gasteiger partial charge in [-0.25, -0.2) is 0 Å². The Bertz CT molecular complexity index is 675. The predicted molar refractivity (Wildman–Crippen MR) is 102 cm³/mol. The van der Waals surface area contributed by atoms with Gasteiger partial charge < -0.3 is 15.1 Å². The van der Waals surface area contributed by atoms with Crippen molar-refractivity contribution < 1.29 is 14.6 Å². The summed E-state index contributed by atoms with van der Waals surface area (Å²) in [5.41, 5.74) is 1.91. The lowest BCUT2D eigenvalue weighted by Crippen LogP contribution is -3.27. The second-order valence-corrected chi connectivity index (χ2v) is 8.22. The van der Waals surface area contributed by atoms with Gasteiger partial charge in [0.2, 0.25) is 0 Å². The molecule has 0 radical (unpaired) electrons. The number of nitrogens with one attached hydrogen (secondary N) is 3. The second-order valence-electron chi connectivity index (χ2n) is 7.24. The fourth-order valence-corrected chi connectivity index (χ4v) is 4.65. The summed E-state index contributed by atoms with van der Waals surface area (Å²) in [7, 11) is 2.26. The summed E-state index contributed by atoms with van der Waals surface area (Å²) in [6.07, 6.45) is 0. The summed E-state index contributed by atoms with van der Waals surface area (Å²) < 4.78 is 0. The molecule has 0 aliphatic carbocycles. The predicted octanol–water partition coefficient (Wildman–Crippen LogP) is 0.329. The third-order valence-corrected chi connectivity index (χ3v) is 6.16. The average molecular weight is 360 g/mol. The van der Waals surface area contributed by atoms with Gasteiger partial charge in [0.1, 0.15) is 32.2 Å². The van der Waals surface area contributed by atoms with Gasteiger partial charge in [0, 0.05) is 5.56 Å². The highest BCUT2D eigenvalue weighted by molar-refractivity contribution is 7.10. The van der Waals surface area contributed by atoms with Gasteiger partial charge in [-0.2, -0.15) is 0 Å². The number of hydrogen-bond donors (Lipinski definition) is 3. The smallest absolute Gasteiger partial charge is 0.251 e. The molecule has 4 nitrogen and oxygen atoms in total. The Morgan fingerprint density at radius 3 is 2.40 bits per heavy atom. The molecule has 2 atom stereocenters. The van der Waals surface area contributed by atoms with Crippen LogP contribution in [-0.2, 0) is 0 Å². The van der Waals surface area contributed by atoms with Gasteiger partial charge in [-0.05, 0) is 37.4 Å². The number of hydrogen-bond acceptors (Lipinski definition) is 2. The lowest BCUT2D eigenvalue weighted by Gasteiger charge is -2.36. The number of thiophene rings is 1. The summed E-state index contributed by atoms with van der Waals surface area (Å²) in [5.74, 6) is 0.0215. The third-order valence-electron chi connectivity index (χ3n) is 5.21. The van der Waals surface area contributed by atoms with E-state index >= 15 is 0 Å². The van der Waals surface area contributed by atoms with Crippen molar-refractivity contribution in [2.24, 2.45) is 0 Å². The third kappa shape index (κ3) is 4.48. The van der Waals surface area contributed by atoms with Crippen molar-refractivity contribution in [1.29, 1.82) is 0 Å². The van der Waals surface area contributed by atoms with Crippen LogP contribution in [0.1, 0.15) is 33.8 Å². The number of amides is 1. The van der Waals surface area contributed by atoms with Crippen molar-refractivity contribution in [2.75, 3.05) is 33.2 Å². The molecule has 1 aromatic carbocycles. The highest BCUT2D eigenvalue weighted by Crippen LogP contribution is 2.20. The minimum atomic E-state index is 0.0215. The van der Waals surface area contributed by atoms with Crippen molar-refractivity contribution in [3.05, 3.63) is 57.8 Å². The Morgan fingerprint density at radius 1 is 1.12 bits per heavy atom. The number of carbonyl (C=O) groups excluding carboxylic acids is 1. The first-order chi connectivity index (χ1) is 12.0. The molecule has 3 rings (SSSR count). The summed E-state index contributed by atoms with van der Waals surface area (Å²) in [5, 5.41) is 5.39. The topological polar surface area (TPSA) is 38.0 Å². The SMILES string of the molecule is Cc1ccc(C(=O)N[C@H](C)[C@@H](c2cccs2)[NH+]2CC[NH+](C)CC2)cc1. The largest absolute Gasteiger partial charge is 0.343 e. The average Bonchev–Trinajstić information content (AvgIpc) is 3.11. The minimum absolute atomic E-state index is 0.0215. The van der Waals surface area contributed by atoms with E-state index in [0.717, 1.165) is 18.7 Å². The Balaban J connectivity index is 1.74. The van der Waals surface area contributed by atoms with Crippen LogP contribution in [-0.4, -0.2) is 45.2 Å². The number of piperazine rings is 1. The zero-order chi connectivity index (χ0) is 17.8. The van der Waals surface area contributed by atoms with Gasteiger partial charge in [-0.3, -0.25) is 4.79 Å². The van der Waals surface area contributed by atoms with Crippen LogP contribution >= 0.6 is 11.3 Å². The molecule has 3 N–H and O–H groups in total. The number of aryl methyl sites for hydroxylation is 1. The minimum Gasteiger partial charge on any atom is -0.343 e. The first-order valence-electron chi connectivity index (χ1n) is 9.11. The maximum absolute atomic E-state index is 12.7. The molecule has 5 heteroatoms. The normalized spacial score (nSPS) is 23.0. The lowest BCUT2D eigenvalue weighted by atomic mass is 10.0. The summed E-state index contributed by atoms with van der Waals surface area (Å²) in [6.45, 7) is 8.87. The van der Waals surface area contributed by atoms with E-state index in [1.54, 1.807) is 21.1 Å². The van der Waals surface area contributed by atoms with E-state index < -0.39 is 0 Å². The van der Waals surface area contributed by atoms with Crippen LogP contribution in [0.25, 0.3) is 0 Å². The van der Waals surface area contributed by atoms with Gasteiger partial charge in [-0.15, -0.1) is 11.3 Å². The summed E-state index contributed by atoms with van der Waals surface area (Å²) >= 11 is 1.80. The molecular formula is C20H29N3OS+2. The molecule has 0 spiro atoms. The molecule has 1 aliphatic rings. The van der Waals surface area contributed by atoms with Crippen molar-refractivity contribution >= 4 is 17.2 Å². The standard InChI is InChI=1S/C20H27N3OS/c1-15-6-8-17(9-7-15)20(24)21-16(2)19(18-5-4-14-25-18)23-12-10-22(3)11-13-23/h4-9,14,16,19H,10-13H2,1-3H3,(H,21,24)/p+2/t16-,19+/m1/s1. The molecule has 2 aromatic rings. The fourth-order valence-electron chi connectivity index (χ4n) is 3.66. The number of quaternary nitrogens is 2. The number of likely N-dealkylation sites (N-methyl/N-ethyl adjacent to an activating group) is 1. The molecule has 1 aliphatic heterocycles. The van der Waals surface area contributed by atoms with Gasteiger partial charge in [-0.1, -0.05) is 23.8 Å². The van der Waals surface area contributed by atoms with Gasteiger partial charge in [0.25, 0.3) is 5.91 Å². The molecule has 0 saturated carbocycles. The second kappa shape index (κ2) is 8.13. The van der Waals surface area contributed by atoms with Crippen LogP contribution < -0.4 is 15.1 Å². The molecule has 1 aromatic heterocycles.